The van der Waals surface area contributed by atoms with Crippen molar-refractivity contribution in [3.63, 3.8) is 0 Å². The summed E-state index contributed by atoms with van der Waals surface area (Å²) in [5, 5.41) is 19.2. The summed E-state index contributed by atoms with van der Waals surface area (Å²) in [6.07, 6.45) is 0. The molecule has 6 heteroatoms. The average Bonchev–Trinajstić information content (AvgIpc) is 2.83. The Bertz CT molecular complexity index is 843. The summed E-state index contributed by atoms with van der Waals surface area (Å²) < 4.78 is 0. The van der Waals surface area contributed by atoms with E-state index >= 15 is 0 Å². The van der Waals surface area contributed by atoms with E-state index in [9.17, 15) is 0 Å². The van der Waals surface area contributed by atoms with Crippen molar-refractivity contribution in [2.45, 2.75) is 27.7 Å². The van der Waals surface area contributed by atoms with E-state index in [0.717, 1.165) is 14.2 Å². The van der Waals surface area contributed by atoms with E-state index in [1.165, 1.54) is 32.7 Å². The maximum atomic E-state index is 7.00. The Balaban J connectivity index is -0.000000184. The van der Waals surface area contributed by atoms with E-state index in [4.69, 9.17) is 10.2 Å². The van der Waals surface area contributed by atoms with E-state index in [0.29, 0.717) is 0 Å². The zero-order chi connectivity index (χ0) is 21.4. The Morgan fingerprint density at radius 2 is 0.656 bits per heavy atom. The van der Waals surface area contributed by atoms with Crippen molar-refractivity contribution in [1.29, 1.82) is 0 Å². The first kappa shape index (κ1) is 41.7. The first-order valence-electron chi connectivity index (χ1n) is 9.79. The van der Waals surface area contributed by atoms with Crippen LogP contribution in [0, 0.1) is 0 Å². The molecule has 0 bridgehead atoms. The Morgan fingerprint density at radius 3 is 0.969 bits per heavy atom. The van der Waals surface area contributed by atoms with Crippen molar-refractivity contribution in [3.8, 4) is 11.1 Å². The summed E-state index contributed by atoms with van der Waals surface area (Å²) >= 11 is 0. The fraction of sp³-hybridized carbons (Fsp3) is 0.231. The van der Waals surface area contributed by atoms with Gasteiger partial charge in [0, 0.05) is 79.6 Å². The number of rotatable bonds is 1. The van der Waals surface area contributed by atoms with Crippen molar-refractivity contribution in [2.75, 3.05) is 14.2 Å². The first-order valence-corrected chi connectivity index (χ1v) is 9.79. The predicted molar refractivity (Wildman–Crippen MR) is 133 cm³/mol. The SMILES string of the molecule is CC.CC.CO.CO.O.O.[Y].[Y].c1ccc2c(-c3cccc4ccccc34)cccc2c1. The normalized spacial score (nSPS) is 7.62. The summed E-state index contributed by atoms with van der Waals surface area (Å²) in [7, 11) is 2.00. The predicted octanol–water partition coefficient (Wildman–Crippen LogP) is 5.28. The fourth-order valence-electron chi connectivity index (χ4n) is 2.92. The molecule has 0 aliphatic heterocycles. The van der Waals surface area contributed by atoms with Gasteiger partial charge in [-0.25, -0.2) is 0 Å². The Labute approximate surface area is 243 Å². The minimum Gasteiger partial charge on any atom is -0.412 e. The number of benzene rings is 4. The Hall–Kier alpha value is -0.552. The van der Waals surface area contributed by atoms with Crippen LogP contribution in [0.4, 0.5) is 0 Å². The van der Waals surface area contributed by atoms with Crippen LogP contribution in [0.2, 0.25) is 0 Å². The molecule has 0 amide bonds. The third-order valence-corrected chi connectivity index (χ3v) is 3.87. The molecule has 0 unspecified atom stereocenters. The second-order valence-corrected chi connectivity index (χ2v) is 5.05. The van der Waals surface area contributed by atoms with Gasteiger partial charge < -0.3 is 21.2 Å². The van der Waals surface area contributed by atoms with Gasteiger partial charge in [0.25, 0.3) is 0 Å². The van der Waals surface area contributed by atoms with E-state index in [-0.39, 0.29) is 76.4 Å². The van der Waals surface area contributed by atoms with E-state index in [1.807, 2.05) is 27.7 Å². The van der Waals surface area contributed by atoms with Gasteiger partial charge in [-0.15, -0.1) is 0 Å². The number of fused-ring (bicyclic) bond motifs is 2. The van der Waals surface area contributed by atoms with E-state index < -0.39 is 0 Å². The molecule has 0 aliphatic rings. The average molecular weight is 592 g/mol. The van der Waals surface area contributed by atoms with E-state index in [1.54, 1.807) is 0 Å². The third kappa shape index (κ3) is 11.5. The van der Waals surface area contributed by atoms with Crippen LogP contribution in [0.1, 0.15) is 27.7 Å². The van der Waals surface area contributed by atoms with Crippen LogP contribution >= 0.6 is 0 Å². The van der Waals surface area contributed by atoms with Crippen molar-refractivity contribution in [2.24, 2.45) is 0 Å². The first-order chi connectivity index (χ1) is 13.9. The molecule has 0 atom stereocenters. The summed E-state index contributed by atoms with van der Waals surface area (Å²) in [5.74, 6) is 0. The van der Waals surface area contributed by atoms with Crippen molar-refractivity contribution in [1.82, 2.24) is 0 Å². The van der Waals surface area contributed by atoms with Crippen LogP contribution < -0.4 is 0 Å². The second-order valence-electron chi connectivity index (χ2n) is 5.05. The molecule has 0 fully saturated rings. The minimum absolute atomic E-state index is 0. The van der Waals surface area contributed by atoms with Gasteiger partial charge in [-0.3, -0.25) is 0 Å². The van der Waals surface area contributed by atoms with Gasteiger partial charge in [0.1, 0.15) is 0 Å². The smallest absolute Gasteiger partial charge is 0.0319 e. The summed E-state index contributed by atoms with van der Waals surface area (Å²) in [6.45, 7) is 8.00. The van der Waals surface area contributed by atoms with Gasteiger partial charge in [0.05, 0.1) is 0 Å². The number of aliphatic hydroxyl groups excluding tert-OH is 2. The van der Waals surface area contributed by atoms with Crippen LogP contribution in [0.3, 0.4) is 0 Å². The monoisotopic (exact) mass is 592 g/mol. The van der Waals surface area contributed by atoms with Crippen LogP contribution in [0.5, 0.6) is 0 Å². The Kier molecular flexibility index (Phi) is 34.8. The van der Waals surface area contributed by atoms with Gasteiger partial charge in [-0.1, -0.05) is 113 Å². The van der Waals surface area contributed by atoms with Gasteiger partial charge in [0.2, 0.25) is 0 Å². The molecule has 4 aromatic rings. The molecule has 4 aromatic carbocycles. The van der Waals surface area contributed by atoms with Crippen LogP contribution in [0.15, 0.2) is 84.9 Å². The zero-order valence-corrected chi connectivity index (χ0v) is 25.8. The van der Waals surface area contributed by atoms with Gasteiger partial charge in [0.15, 0.2) is 0 Å². The van der Waals surface area contributed by atoms with Crippen molar-refractivity contribution >= 4 is 21.5 Å². The van der Waals surface area contributed by atoms with Crippen molar-refractivity contribution < 1.29 is 86.6 Å². The quantitative estimate of drug-likeness (QED) is 0.315. The second kappa shape index (κ2) is 26.7. The molecule has 0 aromatic heterocycles. The molecular formula is C26H38O4Y2. The molecule has 0 spiro atoms. The maximum absolute atomic E-state index is 7.00. The zero-order valence-electron chi connectivity index (χ0n) is 20.1. The van der Waals surface area contributed by atoms with Gasteiger partial charge >= 0.3 is 0 Å². The van der Waals surface area contributed by atoms with Crippen LogP contribution in [-0.4, -0.2) is 35.4 Å². The molecule has 0 saturated heterocycles. The topological polar surface area (TPSA) is 103 Å². The van der Waals surface area contributed by atoms with E-state index in [2.05, 4.69) is 84.9 Å². The standard InChI is InChI=1S/C20H14.2C2H6.2CH4O.2H2O.2Y/c1-3-11-17-15(7-1)9-5-13-19(17)20-14-6-10-16-8-2-4-12-18(16)20;4*1-2;;;;/h1-14H;2*1-2H3;2*2H,1H3;2*1H2;;. The molecule has 6 N–H and O–H groups in total. The number of aliphatic hydroxyl groups is 2. The van der Waals surface area contributed by atoms with Gasteiger partial charge in [-0.05, 0) is 32.7 Å². The molecule has 172 valence electrons. The number of hydrogen-bond acceptors (Lipinski definition) is 2. The van der Waals surface area contributed by atoms with Gasteiger partial charge in [-0.2, -0.15) is 0 Å². The molecule has 0 aliphatic carbocycles. The summed E-state index contributed by atoms with van der Waals surface area (Å²) in [5.41, 5.74) is 2.61. The fourth-order valence-corrected chi connectivity index (χ4v) is 2.92. The van der Waals surface area contributed by atoms with Crippen molar-refractivity contribution in [3.05, 3.63) is 84.9 Å². The molecular weight excluding hydrogens is 554 g/mol. The minimum atomic E-state index is 0. The largest absolute Gasteiger partial charge is 0.412 e. The molecule has 0 saturated carbocycles. The van der Waals surface area contributed by atoms with Crippen LogP contribution in [0.25, 0.3) is 32.7 Å². The van der Waals surface area contributed by atoms with Crippen LogP contribution in [-0.2, 0) is 65.4 Å². The Morgan fingerprint density at radius 1 is 0.406 bits per heavy atom. The molecule has 0 heterocycles. The summed E-state index contributed by atoms with van der Waals surface area (Å²) in [6, 6.07) is 30.2. The maximum Gasteiger partial charge on any atom is 0.0319 e. The molecule has 2 radical (unpaired) electrons. The number of hydrogen-bond donors (Lipinski definition) is 2. The molecule has 4 nitrogen and oxygen atoms in total. The molecule has 4 rings (SSSR count). The molecule has 32 heavy (non-hydrogen) atoms. The summed E-state index contributed by atoms with van der Waals surface area (Å²) in [4.78, 5) is 0. The third-order valence-electron chi connectivity index (χ3n) is 3.87.